The third-order valence-corrected chi connectivity index (χ3v) is 3.12. The molecule has 2 N–H and O–H groups in total. The largest absolute Gasteiger partial charge is 0.388 e. The van der Waals surface area contributed by atoms with E-state index in [1.54, 1.807) is 0 Å². The lowest BCUT2D eigenvalue weighted by atomic mass is 9.79. The molecule has 0 radical (unpaired) electrons. The first-order chi connectivity index (χ1) is 7.56. The Hall–Kier alpha value is -0.610. The van der Waals surface area contributed by atoms with E-state index in [1.807, 2.05) is 6.92 Å². The minimum absolute atomic E-state index is 0.0854. The highest BCUT2D eigenvalue weighted by molar-refractivity contribution is 5.77. The van der Waals surface area contributed by atoms with E-state index < -0.39 is 5.60 Å². The number of ether oxygens (including phenoxy) is 1. The normalized spacial score (nSPS) is 30.1. The fourth-order valence-corrected chi connectivity index (χ4v) is 2.30. The fraction of sp³-hybridized carbons (Fsp3) is 0.917. The van der Waals surface area contributed by atoms with E-state index in [9.17, 15) is 9.90 Å². The van der Waals surface area contributed by atoms with Gasteiger partial charge in [-0.15, -0.1) is 0 Å². The van der Waals surface area contributed by atoms with Crippen molar-refractivity contribution in [3.05, 3.63) is 0 Å². The van der Waals surface area contributed by atoms with Crippen LogP contribution in [0.4, 0.5) is 0 Å². The van der Waals surface area contributed by atoms with Gasteiger partial charge in [-0.05, 0) is 25.7 Å². The highest BCUT2D eigenvalue weighted by Gasteiger charge is 2.32. The molecule has 0 aromatic rings. The number of carbonyl (C=O) groups is 1. The third kappa shape index (κ3) is 4.49. The lowest BCUT2D eigenvalue weighted by Crippen LogP contribution is -2.46. The minimum Gasteiger partial charge on any atom is -0.388 e. The molecule has 4 nitrogen and oxygen atoms in total. The molecule has 16 heavy (non-hydrogen) atoms. The Morgan fingerprint density at radius 3 is 3.00 bits per heavy atom. The number of hydrogen-bond donors (Lipinski definition) is 2. The lowest BCUT2D eigenvalue weighted by molar-refractivity contribution is -0.127. The van der Waals surface area contributed by atoms with E-state index in [2.05, 4.69) is 12.2 Å². The average molecular weight is 229 g/mol. The smallest absolute Gasteiger partial charge is 0.246 e. The zero-order valence-corrected chi connectivity index (χ0v) is 10.3. The molecule has 2 atom stereocenters. The van der Waals surface area contributed by atoms with Gasteiger partial charge in [0.25, 0.3) is 0 Å². The molecule has 1 rings (SSSR count). The van der Waals surface area contributed by atoms with Crippen LogP contribution in [-0.2, 0) is 9.53 Å². The second kappa shape index (κ2) is 6.21. The maximum Gasteiger partial charge on any atom is 0.246 e. The summed E-state index contributed by atoms with van der Waals surface area (Å²) in [5.41, 5.74) is -0.709. The van der Waals surface area contributed by atoms with Gasteiger partial charge in [0.1, 0.15) is 6.61 Å². The minimum atomic E-state index is -0.709. The highest BCUT2D eigenvalue weighted by Crippen LogP contribution is 2.31. The summed E-state index contributed by atoms with van der Waals surface area (Å²) in [4.78, 5) is 11.3. The van der Waals surface area contributed by atoms with Crippen LogP contribution in [0.3, 0.4) is 0 Å². The van der Waals surface area contributed by atoms with Crippen molar-refractivity contribution >= 4 is 5.91 Å². The Morgan fingerprint density at radius 1 is 1.62 bits per heavy atom. The molecule has 0 aliphatic heterocycles. The molecular formula is C12H23NO3. The zero-order chi connectivity index (χ0) is 12.0. The SMILES string of the molecule is CCOCC(=O)NCC1(O)CCCC(C)C1. The van der Waals surface area contributed by atoms with Crippen LogP contribution in [0.25, 0.3) is 0 Å². The van der Waals surface area contributed by atoms with Crippen molar-refractivity contribution in [3.63, 3.8) is 0 Å². The molecule has 0 bridgehead atoms. The van der Waals surface area contributed by atoms with Gasteiger partial charge in [-0.1, -0.05) is 19.8 Å². The predicted molar refractivity (Wildman–Crippen MR) is 62.1 cm³/mol. The van der Waals surface area contributed by atoms with Crippen molar-refractivity contribution in [2.45, 2.75) is 45.1 Å². The lowest BCUT2D eigenvalue weighted by Gasteiger charge is -2.35. The summed E-state index contributed by atoms with van der Waals surface area (Å²) >= 11 is 0. The van der Waals surface area contributed by atoms with Gasteiger partial charge in [-0.3, -0.25) is 4.79 Å². The van der Waals surface area contributed by atoms with E-state index in [0.717, 1.165) is 19.3 Å². The molecular weight excluding hydrogens is 206 g/mol. The van der Waals surface area contributed by atoms with Crippen LogP contribution in [0.1, 0.15) is 39.5 Å². The molecule has 2 unspecified atom stereocenters. The average Bonchev–Trinajstić information content (AvgIpc) is 2.23. The summed E-state index contributed by atoms with van der Waals surface area (Å²) in [5.74, 6) is 0.399. The molecule has 1 saturated carbocycles. The van der Waals surface area contributed by atoms with Crippen molar-refractivity contribution in [2.24, 2.45) is 5.92 Å². The Balaban J connectivity index is 2.27. The van der Waals surface area contributed by atoms with E-state index in [0.29, 0.717) is 19.1 Å². The Morgan fingerprint density at radius 2 is 2.38 bits per heavy atom. The van der Waals surface area contributed by atoms with Crippen LogP contribution in [0.5, 0.6) is 0 Å². The second-order valence-electron chi connectivity index (χ2n) is 4.84. The van der Waals surface area contributed by atoms with Gasteiger partial charge >= 0.3 is 0 Å². The Kier molecular flexibility index (Phi) is 5.22. The predicted octanol–water partition coefficient (Wildman–Crippen LogP) is 1.08. The molecule has 0 aromatic heterocycles. The van der Waals surface area contributed by atoms with Crippen molar-refractivity contribution in [1.29, 1.82) is 0 Å². The van der Waals surface area contributed by atoms with Gasteiger partial charge in [0, 0.05) is 13.2 Å². The molecule has 94 valence electrons. The fourth-order valence-electron chi connectivity index (χ4n) is 2.30. The first kappa shape index (κ1) is 13.5. The van der Waals surface area contributed by atoms with Crippen LogP contribution < -0.4 is 5.32 Å². The van der Waals surface area contributed by atoms with Crippen molar-refractivity contribution in [3.8, 4) is 0 Å². The van der Waals surface area contributed by atoms with Gasteiger partial charge in [-0.2, -0.15) is 0 Å². The maximum atomic E-state index is 11.3. The summed E-state index contributed by atoms with van der Waals surface area (Å²) in [6.45, 7) is 4.97. The first-order valence-corrected chi connectivity index (χ1v) is 6.12. The van der Waals surface area contributed by atoms with Crippen LogP contribution >= 0.6 is 0 Å². The van der Waals surface area contributed by atoms with Crippen molar-refractivity contribution in [1.82, 2.24) is 5.32 Å². The molecule has 0 heterocycles. The van der Waals surface area contributed by atoms with Crippen LogP contribution in [0.2, 0.25) is 0 Å². The molecule has 0 saturated heterocycles. The molecule has 1 amide bonds. The first-order valence-electron chi connectivity index (χ1n) is 6.12. The third-order valence-electron chi connectivity index (χ3n) is 3.12. The van der Waals surface area contributed by atoms with E-state index in [1.165, 1.54) is 6.42 Å². The summed E-state index contributed by atoms with van der Waals surface area (Å²) in [6, 6.07) is 0. The van der Waals surface area contributed by atoms with Gasteiger partial charge in [0.2, 0.25) is 5.91 Å². The quantitative estimate of drug-likeness (QED) is 0.741. The second-order valence-corrected chi connectivity index (χ2v) is 4.84. The van der Waals surface area contributed by atoms with Crippen LogP contribution in [0.15, 0.2) is 0 Å². The van der Waals surface area contributed by atoms with Crippen LogP contribution in [0, 0.1) is 5.92 Å². The number of amides is 1. The van der Waals surface area contributed by atoms with Gasteiger partial charge < -0.3 is 15.2 Å². The standard InChI is InChI=1S/C12H23NO3/c1-3-16-8-11(14)13-9-12(15)6-4-5-10(2)7-12/h10,15H,3-9H2,1-2H3,(H,13,14). The molecule has 1 fully saturated rings. The number of rotatable bonds is 5. The number of hydrogen-bond acceptors (Lipinski definition) is 3. The Bertz CT molecular complexity index is 232. The molecule has 0 spiro atoms. The molecule has 1 aliphatic rings. The van der Waals surface area contributed by atoms with E-state index in [-0.39, 0.29) is 12.5 Å². The van der Waals surface area contributed by atoms with E-state index >= 15 is 0 Å². The topological polar surface area (TPSA) is 58.6 Å². The zero-order valence-electron chi connectivity index (χ0n) is 10.3. The molecule has 4 heteroatoms. The van der Waals surface area contributed by atoms with E-state index in [4.69, 9.17) is 4.74 Å². The van der Waals surface area contributed by atoms with Gasteiger partial charge in [-0.25, -0.2) is 0 Å². The Labute approximate surface area is 97.4 Å². The maximum absolute atomic E-state index is 11.3. The molecule has 0 aromatic carbocycles. The summed E-state index contributed by atoms with van der Waals surface area (Å²) in [5, 5.41) is 13.0. The van der Waals surface area contributed by atoms with Crippen LogP contribution in [-0.4, -0.2) is 36.4 Å². The number of aliphatic hydroxyl groups is 1. The van der Waals surface area contributed by atoms with Crippen molar-refractivity contribution in [2.75, 3.05) is 19.8 Å². The number of nitrogens with one attached hydrogen (secondary N) is 1. The monoisotopic (exact) mass is 229 g/mol. The summed E-state index contributed by atoms with van der Waals surface area (Å²) in [6.07, 6.45) is 3.78. The van der Waals surface area contributed by atoms with Crippen molar-refractivity contribution < 1.29 is 14.6 Å². The highest BCUT2D eigenvalue weighted by atomic mass is 16.5. The summed E-state index contributed by atoms with van der Waals surface area (Å²) in [7, 11) is 0. The molecule has 1 aliphatic carbocycles. The summed E-state index contributed by atoms with van der Waals surface area (Å²) < 4.78 is 5.00. The number of carbonyl (C=O) groups excluding carboxylic acids is 1. The van der Waals surface area contributed by atoms with Gasteiger partial charge in [0.05, 0.1) is 5.60 Å². The van der Waals surface area contributed by atoms with Gasteiger partial charge in [0.15, 0.2) is 0 Å².